The van der Waals surface area contributed by atoms with E-state index in [9.17, 15) is 25.9 Å². The molecule has 0 atom stereocenters. The molecule has 0 spiro atoms. The minimum atomic E-state index is -4.26. The van der Waals surface area contributed by atoms with Crippen molar-refractivity contribution in [3.63, 3.8) is 0 Å². The van der Waals surface area contributed by atoms with Gasteiger partial charge in [0.25, 0.3) is 0 Å². The van der Waals surface area contributed by atoms with Crippen LogP contribution in [0.4, 0.5) is 11.4 Å². The van der Waals surface area contributed by atoms with Crippen LogP contribution in [0.5, 0.6) is 0 Å². The number of hydrogen-bond donors (Lipinski definition) is 0. The Morgan fingerprint density at radius 1 is 0.621 bits per heavy atom. The van der Waals surface area contributed by atoms with E-state index >= 15 is 0 Å². The van der Waals surface area contributed by atoms with E-state index in [0.29, 0.717) is 31.4 Å². The molecule has 2 aromatic carbocycles. The predicted molar refractivity (Wildman–Crippen MR) is 113 cm³/mol. The zero-order valence-corrected chi connectivity index (χ0v) is 20.2. The molecule has 0 saturated heterocycles. The standard InChI is InChI=1S/2C8H11NO3S2.Co/c2*1-9(2)7-3-5-8(6-4-7)13-14(10,11)12;/h2*3-6H,1-2H3,(H,10,11,12);/q;;+2/p-2. The fourth-order valence-electron chi connectivity index (χ4n) is 1.84. The summed E-state index contributed by atoms with van der Waals surface area (Å²) in [7, 11) is -0.350. The molecular weight excluding hydrogens is 503 g/mol. The Morgan fingerprint density at radius 2 is 0.862 bits per heavy atom. The van der Waals surface area contributed by atoms with Crippen molar-refractivity contribution < 1.29 is 42.7 Å². The van der Waals surface area contributed by atoms with Gasteiger partial charge in [-0.25, -0.2) is 16.8 Å². The molecule has 0 N–H and O–H groups in total. The summed E-state index contributed by atoms with van der Waals surface area (Å²) in [6.45, 7) is 0. The molecule has 0 unspecified atom stereocenters. The summed E-state index contributed by atoms with van der Waals surface area (Å²) in [6.07, 6.45) is 0. The van der Waals surface area contributed by atoms with E-state index in [2.05, 4.69) is 0 Å². The Hall–Kier alpha value is -0.934. The molecule has 0 aliphatic rings. The summed E-state index contributed by atoms with van der Waals surface area (Å²) < 4.78 is 62.5. The Labute approximate surface area is 189 Å². The van der Waals surface area contributed by atoms with Crippen LogP contribution in [0.3, 0.4) is 0 Å². The molecule has 0 aromatic heterocycles. The molecule has 0 amide bonds. The molecule has 0 fully saturated rings. The Kier molecular flexibility index (Phi) is 11.7. The summed E-state index contributed by atoms with van der Waals surface area (Å²) in [4.78, 5) is 4.65. The zero-order valence-electron chi connectivity index (χ0n) is 15.9. The van der Waals surface area contributed by atoms with Crippen LogP contribution >= 0.6 is 21.6 Å². The molecular formula is C16H20CoN2O6S4. The van der Waals surface area contributed by atoms with Crippen molar-refractivity contribution in [3.05, 3.63) is 48.5 Å². The summed E-state index contributed by atoms with van der Waals surface area (Å²) in [5.74, 6) is 0. The first-order valence-electron chi connectivity index (χ1n) is 7.62. The van der Waals surface area contributed by atoms with E-state index in [4.69, 9.17) is 0 Å². The maximum Gasteiger partial charge on any atom is 2.00 e. The van der Waals surface area contributed by atoms with Gasteiger partial charge in [-0.05, 0) is 70.1 Å². The zero-order chi connectivity index (χ0) is 21.5. The van der Waals surface area contributed by atoms with Crippen molar-refractivity contribution in [3.8, 4) is 0 Å². The minimum Gasteiger partial charge on any atom is -0.739 e. The van der Waals surface area contributed by atoms with Crippen LogP contribution in [0.15, 0.2) is 58.3 Å². The SMILES string of the molecule is CN(C)c1ccc(SS(=O)(=O)[O-])cc1.CN(C)c1ccc(SS(=O)(=O)[O-])cc1.[Co+2]. The largest absolute Gasteiger partial charge is 2.00 e. The number of anilines is 2. The molecule has 2 aromatic rings. The molecule has 2 rings (SSSR count). The van der Waals surface area contributed by atoms with Crippen LogP contribution in [0.1, 0.15) is 0 Å². The van der Waals surface area contributed by atoms with Crippen molar-refractivity contribution in [2.75, 3.05) is 38.0 Å². The number of rotatable bonds is 6. The third-order valence-electron chi connectivity index (χ3n) is 3.10. The van der Waals surface area contributed by atoms with Gasteiger partial charge >= 0.3 is 16.8 Å². The molecule has 1 radical (unpaired) electrons. The number of hydrogen-bond acceptors (Lipinski definition) is 10. The van der Waals surface area contributed by atoms with E-state index < -0.39 is 18.3 Å². The Morgan fingerprint density at radius 3 is 1.03 bits per heavy atom. The van der Waals surface area contributed by atoms with Gasteiger partial charge in [-0.1, -0.05) is 0 Å². The van der Waals surface area contributed by atoms with Gasteiger partial charge in [-0.2, -0.15) is 0 Å². The molecule has 13 heteroatoms. The molecule has 0 aliphatic carbocycles. The van der Waals surface area contributed by atoms with Gasteiger partial charge < -0.3 is 18.9 Å². The predicted octanol–water partition coefficient (Wildman–Crippen LogP) is 2.61. The van der Waals surface area contributed by atoms with Crippen molar-refractivity contribution in [2.24, 2.45) is 0 Å². The van der Waals surface area contributed by atoms with Gasteiger partial charge in [-0.3, -0.25) is 0 Å². The fraction of sp³-hybridized carbons (Fsp3) is 0.250. The van der Waals surface area contributed by atoms with E-state index in [-0.39, 0.29) is 16.8 Å². The number of nitrogens with zero attached hydrogens (tertiary/aromatic N) is 2. The minimum absolute atomic E-state index is 0. The average Bonchev–Trinajstić information content (AvgIpc) is 2.53. The first-order valence-corrected chi connectivity index (χ1v) is 13.1. The van der Waals surface area contributed by atoms with Gasteiger partial charge in [0, 0.05) is 49.4 Å². The third-order valence-corrected chi connectivity index (χ3v) is 6.82. The van der Waals surface area contributed by atoms with E-state index in [1.807, 2.05) is 38.0 Å². The molecule has 29 heavy (non-hydrogen) atoms. The van der Waals surface area contributed by atoms with Gasteiger partial charge in [0.05, 0.1) is 0 Å². The monoisotopic (exact) mass is 523 g/mol. The van der Waals surface area contributed by atoms with Crippen LogP contribution in [0.2, 0.25) is 0 Å². The molecule has 0 heterocycles. The van der Waals surface area contributed by atoms with Crippen molar-refractivity contribution in [1.82, 2.24) is 0 Å². The maximum absolute atomic E-state index is 10.4. The summed E-state index contributed by atoms with van der Waals surface area (Å²) in [5, 5.41) is 0. The topological polar surface area (TPSA) is 121 Å². The second kappa shape index (κ2) is 12.1. The van der Waals surface area contributed by atoms with Gasteiger partial charge in [0.2, 0.25) is 0 Å². The smallest absolute Gasteiger partial charge is 0.739 e. The average molecular weight is 524 g/mol. The quantitative estimate of drug-likeness (QED) is 0.413. The summed E-state index contributed by atoms with van der Waals surface area (Å²) in [6, 6.07) is 13.5. The van der Waals surface area contributed by atoms with Crippen molar-refractivity contribution in [1.29, 1.82) is 0 Å². The fourth-order valence-corrected chi connectivity index (χ4v) is 4.88. The van der Waals surface area contributed by atoms with Gasteiger partial charge in [-0.15, -0.1) is 0 Å². The third kappa shape index (κ3) is 12.4. The molecule has 0 saturated carbocycles. The molecule has 0 aliphatic heterocycles. The van der Waals surface area contributed by atoms with Crippen molar-refractivity contribution >= 4 is 51.3 Å². The molecule has 0 bridgehead atoms. The maximum atomic E-state index is 10.4. The Balaban J connectivity index is 0.000000523. The van der Waals surface area contributed by atoms with Gasteiger partial charge in [0.1, 0.15) is 0 Å². The second-order valence-corrected chi connectivity index (χ2v) is 12.1. The second-order valence-electron chi connectivity index (χ2n) is 5.76. The summed E-state index contributed by atoms with van der Waals surface area (Å²) in [5.41, 5.74) is 1.91. The first-order chi connectivity index (χ1) is 12.8. The van der Waals surface area contributed by atoms with Crippen LogP contribution in [0.25, 0.3) is 0 Å². The van der Waals surface area contributed by atoms with E-state index in [1.165, 1.54) is 0 Å². The van der Waals surface area contributed by atoms with Crippen LogP contribution in [-0.2, 0) is 35.1 Å². The normalized spacial score (nSPS) is 11.0. The van der Waals surface area contributed by atoms with E-state index in [0.717, 1.165) is 11.4 Å². The van der Waals surface area contributed by atoms with Crippen molar-refractivity contribution in [2.45, 2.75) is 9.79 Å². The molecule has 163 valence electrons. The van der Waals surface area contributed by atoms with E-state index in [1.54, 1.807) is 48.5 Å². The first kappa shape index (κ1) is 28.1. The van der Waals surface area contributed by atoms with Crippen LogP contribution in [-0.4, -0.2) is 54.1 Å². The van der Waals surface area contributed by atoms with Crippen LogP contribution in [0, 0.1) is 0 Å². The number of benzene rings is 2. The summed E-state index contributed by atoms with van der Waals surface area (Å²) >= 11 is 0. The van der Waals surface area contributed by atoms with Crippen LogP contribution < -0.4 is 9.80 Å². The molecule has 8 nitrogen and oxygen atoms in total. The van der Waals surface area contributed by atoms with Gasteiger partial charge in [0.15, 0.2) is 18.3 Å². The Bertz CT molecular complexity index is 882.